The first kappa shape index (κ1) is 15.3. The van der Waals surface area contributed by atoms with E-state index in [1.165, 1.54) is 0 Å². The van der Waals surface area contributed by atoms with Crippen LogP contribution in [0.4, 0.5) is 5.69 Å². The lowest BCUT2D eigenvalue weighted by atomic mass is 10.1. The molecule has 0 saturated heterocycles. The summed E-state index contributed by atoms with van der Waals surface area (Å²) in [5, 5.41) is 11.5. The summed E-state index contributed by atoms with van der Waals surface area (Å²) >= 11 is 3.35. The predicted octanol–water partition coefficient (Wildman–Crippen LogP) is 3.64. The summed E-state index contributed by atoms with van der Waals surface area (Å²) in [5.74, 6) is -1.07. The zero-order valence-corrected chi connectivity index (χ0v) is 13.0. The van der Waals surface area contributed by atoms with Gasteiger partial charge in [-0.1, -0.05) is 34.1 Å². The lowest BCUT2D eigenvalue weighted by Crippen LogP contribution is -2.13. The summed E-state index contributed by atoms with van der Waals surface area (Å²) in [6, 6.07) is 12.3. The molecule has 0 radical (unpaired) electrons. The number of aliphatic carboxylic acids is 1. The Labute approximate surface area is 130 Å². The van der Waals surface area contributed by atoms with Crippen molar-refractivity contribution in [2.24, 2.45) is 0 Å². The summed E-state index contributed by atoms with van der Waals surface area (Å²) in [6.07, 6.45) is -0.0288. The molecule has 0 saturated carbocycles. The second kappa shape index (κ2) is 6.54. The third kappa shape index (κ3) is 4.16. The second-order valence-corrected chi connectivity index (χ2v) is 5.60. The van der Waals surface area contributed by atoms with E-state index in [0.29, 0.717) is 16.8 Å². The molecule has 2 aromatic carbocycles. The predicted molar refractivity (Wildman–Crippen MR) is 84.6 cm³/mol. The van der Waals surface area contributed by atoms with Crippen LogP contribution in [0.3, 0.4) is 0 Å². The van der Waals surface area contributed by atoms with E-state index in [9.17, 15) is 9.59 Å². The maximum atomic E-state index is 12.2. The average molecular weight is 348 g/mol. The van der Waals surface area contributed by atoms with E-state index < -0.39 is 5.97 Å². The summed E-state index contributed by atoms with van der Waals surface area (Å²) in [4.78, 5) is 22.8. The van der Waals surface area contributed by atoms with Gasteiger partial charge in [-0.2, -0.15) is 0 Å². The minimum atomic E-state index is -0.878. The Bertz CT molecular complexity index is 680. The molecule has 0 bridgehead atoms. The van der Waals surface area contributed by atoms with Crippen molar-refractivity contribution in [1.82, 2.24) is 0 Å². The van der Waals surface area contributed by atoms with Gasteiger partial charge in [0.2, 0.25) is 0 Å². The molecule has 0 unspecified atom stereocenters. The molecule has 2 N–H and O–H groups in total. The number of carbonyl (C=O) groups is 2. The molecule has 0 aliphatic rings. The number of halogens is 1. The molecule has 0 heterocycles. The van der Waals surface area contributed by atoms with Crippen LogP contribution in [-0.4, -0.2) is 17.0 Å². The van der Waals surface area contributed by atoms with Gasteiger partial charge in [0.25, 0.3) is 5.91 Å². The monoisotopic (exact) mass is 347 g/mol. The zero-order valence-electron chi connectivity index (χ0n) is 11.4. The van der Waals surface area contributed by atoms with Gasteiger partial charge >= 0.3 is 5.97 Å². The molecule has 0 aromatic heterocycles. The van der Waals surface area contributed by atoms with Crippen LogP contribution in [0.25, 0.3) is 0 Å². The Morgan fingerprint density at radius 1 is 1.14 bits per heavy atom. The molecule has 0 fully saturated rings. The van der Waals surface area contributed by atoms with Gasteiger partial charge < -0.3 is 10.4 Å². The first-order valence-corrected chi connectivity index (χ1v) is 7.13. The van der Waals surface area contributed by atoms with Crippen LogP contribution in [-0.2, 0) is 11.2 Å². The molecular weight excluding hydrogens is 334 g/mol. The van der Waals surface area contributed by atoms with Crippen LogP contribution < -0.4 is 5.32 Å². The van der Waals surface area contributed by atoms with E-state index in [1.54, 1.807) is 30.3 Å². The Morgan fingerprint density at radius 2 is 1.81 bits per heavy atom. The van der Waals surface area contributed by atoms with E-state index in [1.807, 2.05) is 19.1 Å². The van der Waals surface area contributed by atoms with Gasteiger partial charge in [-0.05, 0) is 42.3 Å². The molecule has 2 rings (SSSR count). The summed E-state index contributed by atoms with van der Waals surface area (Å²) < 4.78 is 0.843. The molecule has 5 heteroatoms. The molecule has 0 aliphatic heterocycles. The molecule has 0 atom stereocenters. The van der Waals surface area contributed by atoms with Crippen molar-refractivity contribution < 1.29 is 14.7 Å². The molecule has 21 heavy (non-hydrogen) atoms. The van der Waals surface area contributed by atoms with Gasteiger partial charge in [0.1, 0.15) is 0 Å². The van der Waals surface area contributed by atoms with Gasteiger partial charge in [0, 0.05) is 15.7 Å². The average Bonchev–Trinajstić information content (AvgIpc) is 2.43. The van der Waals surface area contributed by atoms with Gasteiger partial charge in [-0.15, -0.1) is 0 Å². The van der Waals surface area contributed by atoms with Gasteiger partial charge in [-0.25, -0.2) is 0 Å². The number of hydrogen-bond acceptors (Lipinski definition) is 2. The van der Waals surface area contributed by atoms with Crippen LogP contribution >= 0.6 is 15.9 Å². The number of anilines is 1. The van der Waals surface area contributed by atoms with Crippen molar-refractivity contribution in [3.63, 3.8) is 0 Å². The second-order valence-electron chi connectivity index (χ2n) is 4.68. The Hall–Kier alpha value is -2.14. The first-order valence-electron chi connectivity index (χ1n) is 6.34. The van der Waals surface area contributed by atoms with Crippen molar-refractivity contribution in [3.8, 4) is 0 Å². The Balaban J connectivity index is 2.12. The van der Waals surface area contributed by atoms with Crippen molar-refractivity contribution >= 4 is 33.5 Å². The number of amides is 1. The molecule has 0 aliphatic carbocycles. The minimum Gasteiger partial charge on any atom is -0.481 e. The molecule has 0 spiro atoms. The van der Waals surface area contributed by atoms with E-state index in [-0.39, 0.29) is 12.3 Å². The fraction of sp³-hybridized carbons (Fsp3) is 0.125. The van der Waals surface area contributed by atoms with Gasteiger partial charge in [-0.3, -0.25) is 9.59 Å². The highest BCUT2D eigenvalue weighted by Crippen LogP contribution is 2.18. The summed E-state index contributed by atoms with van der Waals surface area (Å²) in [6.45, 7) is 1.87. The van der Waals surface area contributed by atoms with Crippen LogP contribution in [0.2, 0.25) is 0 Å². The van der Waals surface area contributed by atoms with Crippen LogP contribution in [0.5, 0.6) is 0 Å². The highest BCUT2D eigenvalue weighted by atomic mass is 79.9. The number of carbonyl (C=O) groups excluding carboxylic acids is 1. The lowest BCUT2D eigenvalue weighted by molar-refractivity contribution is -0.136. The summed E-state index contributed by atoms with van der Waals surface area (Å²) in [7, 11) is 0. The molecular formula is C16H14BrNO3. The number of aryl methyl sites for hydroxylation is 1. The van der Waals surface area contributed by atoms with Gasteiger partial charge in [0.15, 0.2) is 0 Å². The number of rotatable bonds is 4. The van der Waals surface area contributed by atoms with Crippen molar-refractivity contribution in [2.45, 2.75) is 13.3 Å². The van der Waals surface area contributed by atoms with Crippen molar-refractivity contribution in [3.05, 3.63) is 63.6 Å². The molecule has 108 valence electrons. The van der Waals surface area contributed by atoms with E-state index >= 15 is 0 Å². The standard InChI is InChI=1S/C16H14BrNO3/c1-10-2-5-12(17)9-14(10)16(21)18-13-6-3-11(4-7-13)8-15(19)20/h2-7,9H,8H2,1H3,(H,18,21)(H,19,20). The maximum Gasteiger partial charge on any atom is 0.307 e. The first-order chi connectivity index (χ1) is 9.95. The minimum absolute atomic E-state index is 0.0288. The topological polar surface area (TPSA) is 66.4 Å². The fourth-order valence-electron chi connectivity index (χ4n) is 1.92. The number of benzene rings is 2. The number of nitrogens with one attached hydrogen (secondary N) is 1. The van der Waals surface area contributed by atoms with Gasteiger partial charge in [0.05, 0.1) is 6.42 Å². The van der Waals surface area contributed by atoms with Crippen molar-refractivity contribution in [1.29, 1.82) is 0 Å². The van der Waals surface area contributed by atoms with E-state index in [4.69, 9.17) is 5.11 Å². The van der Waals surface area contributed by atoms with Crippen molar-refractivity contribution in [2.75, 3.05) is 5.32 Å². The molecule has 1 amide bonds. The Morgan fingerprint density at radius 3 is 2.43 bits per heavy atom. The Kier molecular flexibility index (Phi) is 4.75. The molecule has 2 aromatic rings. The maximum absolute atomic E-state index is 12.2. The normalized spacial score (nSPS) is 10.2. The third-order valence-electron chi connectivity index (χ3n) is 3.01. The highest BCUT2D eigenvalue weighted by molar-refractivity contribution is 9.10. The number of hydrogen-bond donors (Lipinski definition) is 2. The summed E-state index contributed by atoms with van der Waals surface area (Å²) in [5.41, 5.74) is 2.81. The quantitative estimate of drug-likeness (QED) is 0.887. The van der Waals surface area contributed by atoms with Crippen LogP contribution in [0.15, 0.2) is 46.9 Å². The largest absolute Gasteiger partial charge is 0.481 e. The van der Waals surface area contributed by atoms with E-state index in [0.717, 1.165) is 10.0 Å². The fourth-order valence-corrected chi connectivity index (χ4v) is 2.28. The van der Waals surface area contributed by atoms with Crippen LogP contribution in [0, 0.1) is 6.92 Å². The highest BCUT2D eigenvalue weighted by Gasteiger charge is 2.10. The number of carboxylic acids is 1. The lowest BCUT2D eigenvalue weighted by Gasteiger charge is -2.08. The van der Waals surface area contributed by atoms with E-state index in [2.05, 4.69) is 21.2 Å². The SMILES string of the molecule is Cc1ccc(Br)cc1C(=O)Nc1ccc(CC(=O)O)cc1. The third-order valence-corrected chi connectivity index (χ3v) is 3.50. The number of carboxylic acid groups (broad SMARTS) is 1. The zero-order chi connectivity index (χ0) is 15.4. The van der Waals surface area contributed by atoms with Crippen LogP contribution in [0.1, 0.15) is 21.5 Å². The smallest absolute Gasteiger partial charge is 0.307 e. The molecule has 4 nitrogen and oxygen atoms in total.